The molecule has 0 bridgehead atoms. The third-order valence-corrected chi connectivity index (χ3v) is 5.70. The summed E-state index contributed by atoms with van der Waals surface area (Å²) in [5.41, 5.74) is 7.44. The minimum Gasteiger partial charge on any atom is -0.446 e. The van der Waals surface area contributed by atoms with Crippen LogP contribution in [-0.2, 0) is 0 Å². The number of fused-ring (bicyclic) bond motifs is 1. The van der Waals surface area contributed by atoms with Gasteiger partial charge in [0, 0.05) is 29.9 Å². The highest BCUT2D eigenvalue weighted by molar-refractivity contribution is 5.92. The van der Waals surface area contributed by atoms with Crippen LogP contribution in [0.15, 0.2) is 41.3 Å². The van der Waals surface area contributed by atoms with Gasteiger partial charge in [0.15, 0.2) is 5.69 Å². The lowest BCUT2D eigenvalue weighted by atomic mass is 9.91. The minimum atomic E-state index is -0.281. The number of nitrogens with one attached hydrogen (secondary N) is 1. The van der Waals surface area contributed by atoms with Gasteiger partial charge in [0.1, 0.15) is 11.9 Å². The first-order valence-electron chi connectivity index (χ1n) is 10.4. The van der Waals surface area contributed by atoms with E-state index in [1.165, 1.54) is 11.6 Å². The Balaban J connectivity index is 1.33. The van der Waals surface area contributed by atoms with Crippen LogP contribution in [0.25, 0.3) is 11.0 Å². The second kappa shape index (κ2) is 8.37. The van der Waals surface area contributed by atoms with E-state index in [1.807, 2.05) is 12.3 Å². The van der Waals surface area contributed by atoms with E-state index >= 15 is 0 Å². The van der Waals surface area contributed by atoms with Crippen LogP contribution < -0.4 is 11.1 Å². The Morgan fingerprint density at radius 3 is 2.86 bits per heavy atom. The van der Waals surface area contributed by atoms with Crippen LogP contribution in [0, 0.1) is 5.92 Å². The Kier molecular flexibility index (Phi) is 5.67. The van der Waals surface area contributed by atoms with E-state index in [1.54, 1.807) is 0 Å². The van der Waals surface area contributed by atoms with E-state index in [0.717, 1.165) is 37.8 Å². The summed E-state index contributed by atoms with van der Waals surface area (Å²) in [6.07, 6.45) is 10.0. The molecule has 1 aliphatic carbocycles. The van der Waals surface area contributed by atoms with Gasteiger partial charge in [-0.25, -0.2) is 9.97 Å². The molecule has 1 fully saturated rings. The van der Waals surface area contributed by atoms with E-state index in [-0.39, 0.29) is 18.0 Å². The number of pyridine rings is 1. The molecule has 3 N–H and O–H groups in total. The summed E-state index contributed by atoms with van der Waals surface area (Å²) in [7, 11) is 0. The van der Waals surface area contributed by atoms with Crippen LogP contribution in [0.2, 0.25) is 0 Å². The summed E-state index contributed by atoms with van der Waals surface area (Å²) < 4.78 is 7.71. The number of hydrogen-bond donors (Lipinski definition) is 2. The van der Waals surface area contributed by atoms with Crippen molar-refractivity contribution in [2.24, 2.45) is 11.7 Å². The number of oxazole rings is 1. The summed E-state index contributed by atoms with van der Waals surface area (Å²) in [6, 6.07) is 6.45. The Bertz CT molecular complexity index is 968. The molecule has 1 amide bonds. The van der Waals surface area contributed by atoms with E-state index in [2.05, 4.69) is 52.0 Å². The monoisotopic (exact) mass is 395 g/mol. The van der Waals surface area contributed by atoms with Gasteiger partial charge in [0.25, 0.3) is 5.91 Å². The molecular weight excluding hydrogens is 366 g/mol. The fourth-order valence-electron chi connectivity index (χ4n) is 4.21. The molecule has 1 aliphatic rings. The Labute approximate surface area is 170 Å². The molecule has 1 atom stereocenters. The molecular formula is C22H29N5O2. The number of rotatable bonds is 6. The van der Waals surface area contributed by atoms with E-state index in [4.69, 9.17) is 10.2 Å². The third kappa shape index (κ3) is 4.34. The number of carbonyl (C=O) groups excluding carboxylic acids is 1. The third-order valence-electron chi connectivity index (χ3n) is 5.70. The lowest BCUT2D eigenvalue weighted by Gasteiger charge is -2.30. The highest BCUT2D eigenvalue weighted by Crippen LogP contribution is 2.31. The van der Waals surface area contributed by atoms with Gasteiger partial charge in [-0.1, -0.05) is 13.8 Å². The van der Waals surface area contributed by atoms with Crippen molar-refractivity contribution >= 4 is 16.9 Å². The Morgan fingerprint density at radius 1 is 1.31 bits per heavy atom. The molecule has 0 saturated heterocycles. The largest absolute Gasteiger partial charge is 0.446 e. The standard InChI is InChI=1S/C22H29N5O2/c1-14(2)12-18(23)22-26-19(13-29-22)21(28)25-16-5-7-17(8-6-16)27-11-9-15-4-3-10-24-20(15)27/h3-4,9-11,13-14,16-18H,5-8,12,23H2,1-2H3,(H,25,28)/t16?,17?,18-/m0/s1. The molecule has 7 nitrogen and oxygen atoms in total. The van der Waals surface area contributed by atoms with Crippen molar-refractivity contribution in [1.29, 1.82) is 0 Å². The lowest BCUT2D eigenvalue weighted by Crippen LogP contribution is -2.38. The van der Waals surface area contributed by atoms with Crippen molar-refractivity contribution in [1.82, 2.24) is 19.9 Å². The first-order valence-corrected chi connectivity index (χ1v) is 10.4. The van der Waals surface area contributed by atoms with Gasteiger partial charge in [0.2, 0.25) is 5.89 Å². The van der Waals surface area contributed by atoms with Gasteiger partial charge in [-0.05, 0) is 56.2 Å². The maximum atomic E-state index is 12.6. The van der Waals surface area contributed by atoms with Gasteiger partial charge >= 0.3 is 0 Å². The summed E-state index contributed by atoms with van der Waals surface area (Å²) in [4.78, 5) is 21.4. The Hall–Kier alpha value is -2.67. The summed E-state index contributed by atoms with van der Waals surface area (Å²) in [5.74, 6) is 0.685. The normalized spacial score (nSPS) is 20.8. The highest BCUT2D eigenvalue weighted by atomic mass is 16.3. The van der Waals surface area contributed by atoms with Crippen molar-refractivity contribution in [2.45, 2.75) is 64.1 Å². The van der Waals surface area contributed by atoms with Crippen molar-refractivity contribution in [3.63, 3.8) is 0 Å². The van der Waals surface area contributed by atoms with Gasteiger partial charge in [-0.15, -0.1) is 0 Å². The quantitative estimate of drug-likeness (QED) is 0.658. The summed E-state index contributed by atoms with van der Waals surface area (Å²) in [6.45, 7) is 4.19. The molecule has 0 radical (unpaired) electrons. The zero-order valence-corrected chi connectivity index (χ0v) is 17.0. The summed E-state index contributed by atoms with van der Waals surface area (Å²) >= 11 is 0. The predicted octanol–water partition coefficient (Wildman–Crippen LogP) is 3.98. The first-order chi connectivity index (χ1) is 14.0. The lowest BCUT2D eigenvalue weighted by molar-refractivity contribution is 0.0917. The topological polar surface area (TPSA) is 99.0 Å². The van der Waals surface area contributed by atoms with E-state index in [0.29, 0.717) is 23.5 Å². The van der Waals surface area contributed by atoms with Crippen LogP contribution in [0.3, 0.4) is 0 Å². The SMILES string of the molecule is CC(C)C[C@H](N)c1nc(C(=O)NC2CCC(n3ccc4cccnc43)CC2)co1. The number of aromatic nitrogens is 3. The molecule has 3 aromatic rings. The van der Waals surface area contributed by atoms with E-state index in [9.17, 15) is 4.79 Å². The number of nitrogens with two attached hydrogens (primary N) is 1. The zero-order chi connectivity index (χ0) is 20.4. The van der Waals surface area contributed by atoms with Crippen LogP contribution in [0.5, 0.6) is 0 Å². The number of carbonyl (C=O) groups is 1. The maximum Gasteiger partial charge on any atom is 0.273 e. The van der Waals surface area contributed by atoms with Gasteiger partial charge in [-0.3, -0.25) is 4.79 Å². The van der Waals surface area contributed by atoms with Crippen LogP contribution in [0.4, 0.5) is 0 Å². The van der Waals surface area contributed by atoms with Crippen molar-refractivity contribution in [2.75, 3.05) is 0 Å². The second-order valence-electron chi connectivity index (χ2n) is 8.43. The smallest absolute Gasteiger partial charge is 0.273 e. The number of nitrogens with zero attached hydrogens (tertiary/aromatic N) is 3. The van der Waals surface area contributed by atoms with Crippen LogP contribution in [-0.4, -0.2) is 26.5 Å². The molecule has 29 heavy (non-hydrogen) atoms. The molecule has 7 heteroatoms. The molecule has 3 aromatic heterocycles. The maximum absolute atomic E-state index is 12.6. The number of amides is 1. The van der Waals surface area contributed by atoms with Crippen LogP contribution >= 0.6 is 0 Å². The molecule has 4 rings (SSSR count). The molecule has 3 heterocycles. The fraction of sp³-hybridized carbons (Fsp3) is 0.500. The molecule has 1 saturated carbocycles. The number of hydrogen-bond acceptors (Lipinski definition) is 5. The zero-order valence-electron chi connectivity index (χ0n) is 17.0. The predicted molar refractivity (Wildman–Crippen MR) is 111 cm³/mol. The van der Waals surface area contributed by atoms with Crippen LogP contribution in [0.1, 0.15) is 74.4 Å². The molecule has 0 aromatic carbocycles. The molecule has 154 valence electrons. The average molecular weight is 396 g/mol. The Morgan fingerprint density at radius 2 is 2.10 bits per heavy atom. The van der Waals surface area contributed by atoms with Gasteiger partial charge in [-0.2, -0.15) is 0 Å². The molecule has 0 unspecified atom stereocenters. The van der Waals surface area contributed by atoms with E-state index < -0.39 is 0 Å². The van der Waals surface area contributed by atoms with Gasteiger partial charge in [0.05, 0.1) is 6.04 Å². The highest BCUT2D eigenvalue weighted by Gasteiger charge is 2.26. The molecule has 0 aliphatic heterocycles. The second-order valence-corrected chi connectivity index (χ2v) is 8.43. The minimum absolute atomic E-state index is 0.151. The van der Waals surface area contributed by atoms with Gasteiger partial charge < -0.3 is 20.0 Å². The van der Waals surface area contributed by atoms with Crippen molar-refractivity contribution in [3.8, 4) is 0 Å². The first kappa shape index (κ1) is 19.6. The molecule has 0 spiro atoms. The average Bonchev–Trinajstić information content (AvgIpc) is 3.36. The fourth-order valence-corrected chi connectivity index (χ4v) is 4.21. The van der Waals surface area contributed by atoms with Crippen molar-refractivity contribution < 1.29 is 9.21 Å². The van der Waals surface area contributed by atoms with Crippen molar-refractivity contribution in [3.05, 3.63) is 48.4 Å². The summed E-state index contributed by atoms with van der Waals surface area (Å²) in [5, 5.41) is 4.27.